The molecule has 2 heterocycles. The molecule has 26 heavy (non-hydrogen) atoms. The van der Waals surface area contributed by atoms with Crippen molar-refractivity contribution in [3.8, 4) is 0 Å². The van der Waals surface area contributed by atoms with E-state index >= 15 is 0 Å². The van der Waals surface area contributed by atoms with Gasteiger partial charge in [0, 0.05) is 35.0 Å². The predicted molar refractivity (Wildman–Crippen MR) is 114 cm³/mol. The van der Waals surface area contributed by atoms with E-state index in [-0.39, 0.29) is 0 Å². The number of aromatic nitrogens is 1. The average Bonchev–Trinajstić information content (AvgIpc) is 3.20. The third-order valence-corrected chi connectivity index (χ3v) is 6.24. The SMILES string of the molecule is CCNC(=NCc1nc(C)c(C)s1)NC1CCN(c2ccccc2Br)C1. The van der Waals surface area contributed by atoms with E-state index in [1.807, 2.05) is 0 Å². The molecule has 5 nitrogen and oxygen atoms in total. The molecule has 2 N–H and O–H groups in total. The summed E-state index contributed by atoms with van der Waals surface area (Å²) in [5.41, 5.74) is 2.37. The van der Waals surface area contributed by atoms with Crippen molar-refractivity contribution in [1.82, 2.24) is 15.6 Å². The number of nitrogens with zero attached hydrogens (tertiary/aromatic N) is 3. The van der Waals surface area contributed by atoms with Gasteiger partial charge in [0.25, 0.3) is 0 Å². The van der Waals surface area contributed by atoms with Gasteiger partial charge in [-0.25, -0.2) is 9.98 Å². The Morgan fingerprint density at radius 2 is 2.19 bits per heavy atom. The largest absolute Gasteiger partial charge is 0.368 e. The number of rotatable bonds is 5. The monoisotopic (exact) mass is 435 g/mol. The van der Waals surface area contributed by atoms with Crippen LogP contribution in [0.1, 0.15) is 28.9 Å². The molecular weight excluding hydrogens is 410 g/mol. The molecule has 3 rings (SSSR count). The molecule has 1 unspecified atom stereocenters. The maximum Gasteiger partial charge on any atom is 0.191 e. The molecule has 1 aromatic heterocycles. The summed E-state index contributed by atoms with van der Waals surface area (Å²) >= 11 is 5.39. The Hall–Kier alpha value is -1.60. The highest BCUT2D eigenvalue weighted by Crippen LogP contribution is 2.28. The number of halogens is 1. The number of aliphatic imine (C=N–C) groups is 1. The summed E-state index contributed by atoms with van der Waals surface area (Å²) in [5, 5.41) is 8.01. The summed E-state index contributed by atoms with van der Waals surface area (Å²) in [6.07, 6.45) is 1.10. The van der Waals surface area contributed by atoms with E-state index in [0.29, 0.717) is 12.6 Å². The Labute approximate surface area is 168 Å². The van der Waals surface area contributed by atoms with Crippen molar-refractivity contribution in [2.75, 3.05) is 24.5 Å². The van der Waals surface area contributed by atoms with E-state index in [2.05, 4.69) is 81.5 Å². The first-order valence-electron chi connectivity index (χ1n) is 9.04. The fourth-order valence-corrected chi connectivity index (χ4v) is 4.47. The number of thiazole rings is 1. The van der Waals surface area contributed by atoms with Crippen LogP contribution in [0.3, 0.4) is 0 Å². The first-order chi connectivity index (χ1) is 12.6. The zero-order valence-corrected chi connectivity index (χ0v) is 18.0. The molecule has 1 aromatic carbocycles. The molecule has 0 spiro atoms. The smallest absolute Gasteiger partial charge is 0.191 e. The Bertz CT molecular complexity index is 754. The molecule has 1 aliphatic heterocycles. The fraction of sp³-hybridized carbons (Fsp3) is 0.474. The van der Waals surface area contributed by atoms with E-state index in [4.69, 9.17) is 4.99 Å². The van der Waals surface area contributed by atoms with Crippen LogP contribution in [0.15, 0.2) is 33.7 Å². The Kier molecular flexibility index (Phi) is 6.53. The number of benzene rings is 1. The Morgan fingerprint density at radius 3 is 2.88 bits per heavy atom. The van der Waals surface area contributed by atoms with Gasteiger partial charge in [0.05, 0.1) is 17.9 Å². The minimum atomic E-state index is 0.389. The molecule has 0 bridgehead atoms. The molecule has 0 aliphatic carbocycles. The second-order valence-electron chi connectivity index (χ2n) is 6.47. The van der Waals surface area contributed by atoms with E-state index in [1.165, 1.54) is 10.6 Å². The van der Waals surface area contributed by atoms with Gasteiger partial charge in [-0.15, -0.1) is 11.3 Å². The number of nitrogens with one attached hydrogen (secondary N) is 2. The molecule has 140 valence electrons. The van der Waals surface area contributed by atoms with Crippen molar-refractivity contribution < 1.29 is 0 Å². The number of guanidine groups is 1. The summed E-state index contributed by atoms with van der Waals surface area (Å²) in [6.45, 7) is 9.75. The van der Waals surface area contributed by atoms with Crippen molar-refractivity contribution in [3.63, 3.8) is 0 Å². The second-order valence-corrected chi connectivity index (χ2v) is 8.61. The quantitative estimate of drug-likeness (QED) is 0.552. The van der Waals surface area contributed by atoms with Crippen molar-refractivity contribution in [2.24, 2.45) is 4.99 Å². The minimum absolute atomic E-state index is 0.389. The maximum absolute atomic E-state index is 4.73. The number of hydrogen-bond acceptors (Lipinski definition) is 4. The van der Waals surface area contributed by atoms with Crippen LogP contribution in [-0.2, 0) is 6.54 Å². The van der Waals surface area contributed by atoms with Crippen LogP contribution in [0.25, 0.3) is 0 Å². The lowest BCUT2D eigenvalue weighted by atomic mass is 10.3. The third-order valence-electron chi connectivity index (χ3n) is 4.51. The Balaban J connectivity index is 1.61. The van der Waals surface area contributed by atoms with Gasteiger partial charge in [0.1, 0.15) is 5.01 Å². The number of aryl methyl sites for hydroxylation is 2. The molecular formula is C19H26BrN5S. The third kappa shape index (κ3) is 4.76. The molecule has 2 aromatic rings. The zero-order chi connectivity index (χ0) is 18.5. The molecule has 1 fully saturated rings. The van der Waals surface area contributed by atoms with Crippen LogP contribution in [0, 0.1) is 13.8 Å². The van der Waals surface area contributed by atoms with Gasteiger partial charge >= 0.3 is 0 Å². The van der Waals surface area contributed by atoms with E-state index in [9.17, 15) is 0 Å². The number of para-hydroxylation sites is 1. The van der Waals surface area contributed by atoms with E-state index in [1.54, 1.807) is 11.3 Å². The summed E-state index contributed by atoms with van der Waals surface area (Å²) in [6, 6.07) is 8.79. The van der Waals surface area contributed by atoms with Crippen LogP contribution in [-0.4, -0.2) is 36.6 Å². The van der Waals surface area contributed by atoms with Gasteiger partial charge in [0.15, 0.2) is 5.96 Å². The standard InChI is InChI=1S/C19H26BrN5S/c1-4-21-19(22-11-18-23-13(2)14(3)26-18)24-15-9-10-25(12-15)17-8-6-5-7-16(17)20/h5-8,15H,4,9-12H2,1-3H3,(H2,21,22,24). The fourth-order valence-electron chi connectivity index (χ4n) is 3.07. The molecule has 1 atom stereocenters. The van der Waals surface area contributed by atoms with Gasteiger partial charge in [-0.05, 0) is 55.3 Å². The molecule has 0 amide bonds. The van der Waals surface area contributed by atoms with Crippen molar-refractivity contribution in [2.45, 2.75) is 39.8 Å². The highest BCUT2D eigenvalue weighted by atomic mass is 79.9. The highest BCUT2D eigenvalue weighted by molar-refractivity contribution is 9.10. The van der Waals surface area contributed by atoms with Gasteiger partial charge in [-0.1, -0.05) is 12.1 Å². The van der Waals surface area contributed by atoms with Crippen LogP contribution in [0.5, 0.6) is 0 Å². The molecule has 0 saturated carbocycles. The zero-order valence-electron chi connectivity index (χ0n) is 15.6. The lowest BCUT2D eigenvalue weighted by Crippen LogP contribution is -2.44. The summed E-state index contributed by atoms with van der Waals surface area (Å²) in [5.74, 6) is 0.872. The average molecular weight is 436 g/mol. The first-order valence-corrected chi connectivity index (χ1v) is 10.6. The van der Waals surface area contributed by atoms with Crippen molar-refractivity contribution in [1.29, 1.82) is 0 Å². The van der Waals surface area contributed by atoms with Crippen molar-refractivity contribution >= 4 is 38.9 Å². The van der Waals surface area contributed by atoms with Crippen LogP contribution < -0.4 is 15.5 Å². The lowest BCUT2D eigenvalue weighted by molar-refractivity contribution is 0.649. The van der Waals surface area contributed by atoms with Gasteiger partial charge in [-0.3, -0.25) is 0 Å². The predicted octanol–water partition coefficient (Wildman–Crippen LogP) is 3.86. The van der Waals surface area contributed by atoms with Crippen LogP contribution >= 0.6 is 27.3 Å². The molecule has 7 heteroatoms. The van der Waals surface area contributed by atoms with Gasteiger partial charge in [0.2, 0.25) is 0 Å². The minimum Gasteiger partial charge on any atom is -0.368 e. The van der Waals surface area contributed by atoms with Crippen LogP contribution in [0.2, 0.25) is 0 Å². The number of anilines is 1. The van der Waals surface area contributed by atoms with E-state index in [0.717, 1.165) is 47.2 Å². The molecule has 1 saturated heterocycles. The summed E-state index contributed by atoms with van der Waals surface area (Å²) in [4.78, 5) is 13.0. The van der Waals surface area contributed by atoms with E-state index < -0.39 is 0 Å². The van der Waals surface area contributed by atoms with Gasteiger partial charge in [-0.2, -0.15) is 0 Å². The first kappa shape index (κ1) is 19.2. The molecule has 0 radical (unpaired) electrons. The molecule has 1 aliphatic rings. The lowest BCUT2D eigenvalue weighted by Gasteiger charge is -2.21. The Morgan fingerprint density at radius 1 is 1.38 bits per heavy atom. The maximum atomic E-state index is 4.73. The normalized spacial score (nSPS) is 17.6. The topological polar surface area (TPSA) is 52.6 Å². The summed E-state index contributed by atoms with van der Waals surface area (Å²) < 4.78 is 1.15. The van der Waals surface area contributed by atoms with Crippen molar-refractivity contribution in [3.05, 3.63) is 44.3 Å². The van der Waals surface area contributed by atoms with Crippen LogP contribution in [0.4, 0.5) is 5.69 Å². The van der Waals surface area contributed by atoms with Gasteiger partial charge < -0.3 is 15.5 Å². The highest BCUT2D eigenvalue weighted by Gasteiger charge is 2.24. The second kappa shape index (κ2) is 8.86. The summed E-state index contributed by atoms with van der Waals surface area (Å²) in [7, 11) is 0. The number of hydrogen-bond donors (Lipinski definition) is 2.